The molecular formula is C23H26F3NO7S. The fourth-order valence-electron chi connectivity index (χ4n) is 3.11. The maximum atomic E-state index is 12.9. The number of methoxy groups -OCH3 is 1. The molecule has 8 nitrogen and oxygen atoms in total. The summed E-state index contributed by atoms with van der Waals surface area (Å²) in [5.41, 5.74) is -5.20. The highest BCUT2D eigenvalue weighted by Crippen LogP contribution is 2.37. The van der Waals surface area contributed by atoms with Gasteiger partial charge < -0.3 is 19.0 Å². The summed E-state index contributed by atoms with van der Waals surface area (Å²) in [4.78, 5) is 24.3. The van der Waals surface area contributed by atoms with E-state index in [-0.39, 0.29) is 12.0 Å². The van der Waals surface area contributed by atoms with Crippen LogP contribution in [0.1, 0.15) is 44.4 Å². The third-order valence-corrected chi connectivity index (χ3v) is 5.55. The first kappa shape index (κ1) is 28.0. The van der Waals surface area contributed by atoms with Gasteiger partial charge in [0.25, 0.3) is 0 Å². The van der Waals surface area contributed by atoms with Crippen molar-refractivity contribution in [3.63, 3.8) is 0 Å². The van der Waals surface area contributed by atoms with Crippen LogP contribution in [0.5, 0.6) is 5.75 Å². The van der Waals surface area contributed by atoms with Crippen molar-refractivity contribution in [3.8, 4) is 16.9 Å². The number of carbonyl (C=O) groups excluding carboxylic acids is 2. The summed E-state index contributed by atoms with van der Waals surface area (Å²) in [6, 6.07) is 9.27. The third-order valence-electron chi connectivity index (χ3n) is 4.58. The monoisotopic (exact) mass is 517 g/mol. The van der Waals surface area contributed by atoms with Gasteiger partial charge in [0.1, 0.15) is 5.60 Å². The molecule has 0 saturated carbocycles. The van der Waals surface area contributed by atoms with Gasteiger partial charge in [-0.3, -0.25) is 4.79 Å². The number of hydrogen-bond acceptors (Lipinski definition) is 7. The van der Waals surface area contributed by atoms with E-state index in [1.54, 1.807) is 45.9 Å². The molecule has 0 spiro atoms. The summed E-state index contributed by atoms with van der Waals surface area (Å²) >= 11 is 0. The Morgan fingerprint density at radius 2 is 1.69 bits per heavy atom. The molecular weight excluding hydrogens is 491 g/mol. The standard InChI is InChI=1S/C23H26F3NO7S/c1-14-8-6-11-18(34-35(30,31)23(24,25)26)20(14)16-10-7-9-15(12-16)17(13-19(28)32-5)27-21(29)33-22(2,3)4/h6-12,17H,13H2,1-5H3,(H,27,29)/t17-/m0/s1. The molecule has 0 heterocycles. The summed E-state index contributed by atoms with van der Waals surface area (Å²) in [7, 11) is -4.73. The highest BCUT2D eigenvalue weighted by Gasteiger charge is 2.48. The minimum atomic E-state index is -5.91. The van der Waals surface area contributed by atoms with Crippen LogP contribution >= 0.6 is 0 Å². The van der Waals surface area contributed by atoms with Crippen molar-refractivity contribution in [2.24, 2.45) is 0 Å². The summed E-state index contributed by atoms with van der Waals surface area (Å²) in [5, 5.41) is 2.58. The second kappa shape index (κ2) is 10.5. The summed E-state index contributed by atoms with van der Waals surface area (Å²) in [5.74, 6) is -1.16. The van der Waals surface area contributed by atoms with Crippen LogP contribution in [0, 0.1) is 6.92 Å². The van der Waals surface area contributed by atoms with E-state index in [0.29, 0.717) is 16.7 Å². The molecule has 35 heavy (non-hydrogen) atoms. The number of ether oxygens (including phenoxy) is 2. The lowest BCUT2D eigenvalue weighted by Gasteiger charge is -2.24. The number of halogens is 3. The first-order valence-electron chi connectivity index (χ1n) is 10.3. The van der Waals surface area contributed by atoms with Crippen LogP contribution in [-0.2, 0) is 24.4 Å². The number of nitrogens with one attached hydrogen (secondary N) is 1. The van der Waals surface area contributed by atoms with Gasteiger partial charge in [0.05, 0.1) is 19.6 Å². The van der Waals surface area contributed by atoms with Gasteiger partial charge in [0.2, 0.25) is 0 Å². The van der Waals surface area contributed by atoms with Crippen LogP contribution in [0.4, 0.5) is 18.0 Å². The number of aryl methyl sites for hydroxylation is 1. The minimum Gasteiger partial charge on any atom is -0.469 e. The second-order valence-electron chi connectivity index (χ2n) is 8.54. The first-order chi connectivity index (χ1) is 16.0. The van der Waals surface area contributed by atoms with Gasteiger partial charge in [0, 0.05) is 5.56 Å². The van der Waals surface area contributed by atoms with E-state index in [1.807, 2.05) is 0 Å². The fraction of sp³-hybridized carbons (Fsp3) is 0.391. The van der Waals surface area contributed by atoms with E-state index in [9.17, 15) is 31.2 Å². The molecule has 0 radical (unpaired) electrons. The number of alkyl carbamates (subject to hydrolysis) is 1. The van der Waals surface area contributed by atoms with Gasteiger partial charge >= 0.3 is 27.7 Å². The molecule has 0 fully saturated rings. The van der Waals surface area contributed by atoms with E-state index in [0.717, 1.165) is 6.07 Å². The topological polar surface area (TPSA) is 108 Å². The first-order valence-corrected chi connectivity index (χ1v) is 11.7. The van der Waals surface area contributed by atoms with Crippen LogP contribution in [0.15, 0.2) is 42.5 Å². The van der Waals surface area contributed by atoms with E-state index in [2.05, 4.69) is 9.50 Å². The van der Waals surface area contributed by atoms with Gasteiger partial charge in [-0.1, -0.05) is 30.3 Å². The van der Waals surface area contributed by atoms with Crippen molar-refractivity contribution < 1.29 is 44.8 Å². The van der Waals surface area contributed by atoms with Crippen LogP contribution in [0.25, 0.3) is 11.1 Å². The van der Waals surface area contributed by atoms with Gasteiger partial charge in [0.15, 0.2) is 5.75 Å². The Morgan fingerprint density at radius 3 is 2.26 bits per heavy atom. The van der Waals surface area contributed by atoms with E-state index < -0.39 is 45.1 Å². The van der Waals surface area contributed by atoms with Gasteiger partial charge in [-0.15, -0.1) is 0 Å². The van der Waals surface area contributed by atoms with Crippen molar-refractivity contribution in [2.45, 2.75) is 51.3 Å². The van der Waals surface area contributed by atoms with Crippen LogP contribution in [-0.4, -0.2) is 38.7 Å². The number of hydrogen-bond donors (Lipinski definition) is 1. The number of benzene rings is 2. The number of esters is 1. The average molecular weight is 518 g/mol. The van der Waals surface area contributed by atoms with Crippen molar-refractivity contribution in [1.29, 1.82) is 0 Å². The molecule has 0 unspecified atom stereocenters. The Labute approximate surface area is 201 Å². The van der Waals surface area contributed by atoms with Crippen molar-refractivity contribution in [2.75, 3.05) is 7.11 Å². The minimum absolute atomic E-state index is 0.0938. The Kier molecular flexibility index (Phi) is 8.43. The van der Waals surface area contributed by atoms with Gasteiger partial charge in [-0.2, -0.15) is 21.6 Å². The van der Waals surface area contributed by atoms with Crippen LogP contribution in [0.3, 0.4) is 0 Å². The maximum absolute atomic E-state index is 12.9. The molecule has 0 saturated heterocycles. The number of rotatable bonds is 7. The molecule has 192 valence electrons. The SMILES string of the molecule is COC(=O)C[C@H](NC(=O)OC(C)(C)C)c1cccc(-c2c(C)cccc2OS(=O)(=O)C(F)(F)F)c1. The summed E-state index contributed by atoms with van der Waals surface area (Å²) < 4.78 is 76.3. The lowest BCUT2D eigenvalue weighted by Crippen LogP contribution is -2.36. The molecule has 2 rings (SSSR count). The summed E-state index contributed by atoms with van der Waals surface area (Å²) in [6.07, 6.45) is -1.06. The van der Waals surface area contributed by atoms with Crippen molar-refractivity contribution >= 4 is 22.2 Å². The summed E-state index contributed by atoms with van der Waals surface area (Å²) in [6.45, 7) is 6.56. The van der Waals surface area contributed by atoms with Crippen LogP contribution in [0.2, 0.25) is 0 Å². The molecule has 1 amide bonds. The third kappa shape index (κ3) is 7.61. The van der Waals surface area contributed by atoms with Crippen molar-refractivity contribution in [1.82, 2.24) is 5.32 Å². The molecule has 0 aliphatic heterocycles. The highest BCUT2D eigenvalue weighted by atomic mass is 32.2. The average Bonchev–Trinajstić information content (AvgIpc) is 2.71. The zero-order valence-corrected chi connectivity index (χ0v) is 20.5. The molecule has 1 N–H and O–H groups in total. The molecule has 0 aliphatic carbocycles. The van der Waals surface area contributed by atoms with Crippen molar-refractivity contribution in [3.05, 3.63) is 53.6 Å². The molecule has 0 aromatic heterocycles. The normalized spacial score (nSPS) is 13.0. The Bertz CT molecular complexity index is 1190. The largest absolute Gasteiger partial charge is 0.534 e. The molecule has 2 aromatic rings. The number of carbonyl (C=O) groups is 2. The van der Waals surface area contributed by atoms with E-state index in [4.69, 9.17) is 9.47 Å². The smallest absolute Gasteiger partial charge is 0.469 e. The predicted molar refractivity (Wildman–Crippen MR) is 121 cm³/mol. The Morgan fingerprint density at radius 1 is 1.06 bits per heavy atom. The van der Waals surface area contributed by atoms with Gasteiger partial charge in [-0.25, -0.2) is 4.79 Å². The van der Waals surface area contributed by atoms with E-state index in [1.165, 1.54) is 25.3 Å². The highest BCUT2D eigenvalue weighted by molar-refractivity contribution is 7.88. The fourth-order valence-corrected chi connectivity index (χ4v) is 3.58. The molecule has 0 aliphatic rings. The van der Waals surface area contributed by atoms with Gasteiger partial charge in [-0.05, 0) is 56.5 Å². The zero-order chi connectivity index (χ0) is 26.6. The lowest BCUT2D eigenvalue weighted by molar-refractivity contribution is -0.141. The molecule has 0 bridgehead atoms. The zero-order valence-electron chi connectivity index (χ0n) is 19.7. The Balaban J connectivity index is 2.52. The number of alkyl halides is 3. The predicted octanol–water partition coefficient (Wildman–Crippen LogP) is 5.02. The molecule has 12 heteroatoms. The van der Waals surface area contributed by atoms with E-state index >= 15 is 0 Å². The maximum Gasteiger partial charge on any atom is 0.534 e. The molecule has 1 atom stereocenters. The number of amides is 1. The Hall–Kier alpha value is -3.28. The molecule has 2 aromatic carbocycles. The second-order valence-corrected chi connectivity index (χ2v) is 10.1. The van der Waals surface area contributed by atoms with Crippen LogP contribution < -0.4 is 9.50 Å². The lowest BCUT2D eigenvalue weighted by atomic mass is 9.95. The quantitative estimate of drug-likeness (QED) is 0.312.